The third-order valence-corrected chi connectivity index (χ3v) is 4.85. The van der Waals surface area contributed by atoms with Crippen LogP contribution in [0.1, 0.15) is 33.1 Å². The fourth-order valence-electron chi connectivity index (χ4n) is 2.85. The molecule has 0 radical (unpaired) electrons. The van der Waals surface area contributed by atoms with E-state index in [0.717, 1.165) is 22.0 Å². The molecule has 0 saturated heterocycles. The van der Waals surface area contributed by atoms with Crippen molar-refractivity contribution in [2.24, 2.45) is 11.8 Å². The zero-order valence-electron chi connectivity index (χ0n) is 11.2. The second-order valence-electron chi connectivity index (χ2n) is 4.99. The molecule has 1 saturated carbocycles. The quantitative estimate of drug-likeness (QED) is 0.893. The second kappa shape index (κ2) is 5.87. The standard InChI is InChI=1S/C13H21BrN4/c1-4-9-5-6-10(8(9)2)18-13-11(14)12(15-3)16-7-17-13/h7-10H,4-6H2,1-3H3,(H2,15,16,17,18). The molecule has 5 heteroatoms. The van der Waals surface area contributed by atoms with E-state index < -0.39 is 0 Å². The zero-order chi connectivity index (χ0) is 13.1. The van der Waals surface area contributed by atoms with E-state index in [1.165, 1.54) is 19.3 Å². The highest BCUT2D eigenvalue weighted by atomic mass is 79.9. The third-order valence-electron chi connectivity index (χ3n) is 4.10. The second-order valence-corrected chi connectivity index (χ2v) is 5.78. The summed E-state index contributed by atoms with van der Waals surface area (Å²) < 4.78 is 0.916. The lowest BCUT2D eigenvalue weighted by Crippen LogP contribution is -2.25. The lowest BCUT2D eigenvalue weighted by Gasteiger charge is -2.22. The van der Waals surface area contributed by atoms with Crippen LogP contribution in [-0.2, 0) is 0 Å². The van der Waals surface area contributed by atoms with E-state index in [1.54, 1.807) is 6.33 Å². The van der Waals surface area contributed by atoms with Gasteiger partial charge in [-0.05, 0) is 40.6 Å². The van der Waals surface area contributed by atoms with Gasteiger partial charge < -0.3 is 10.6 Å². The van der Waals surface area contributed by atoms with Crippen LogP contribution in [0.25, 0.3) is 0 Å². The smallest absolute Gasteiger partial charge is 0.146 e. The maximum atomic E-state index is 4.33. The van der Waals surface area contributed by atoms with E-state index in [-0.39, 0.29) is 0 Å². The van der Waals surface area contributed by atoms with Gasteiger partial charge in [-0.1, -0.05) is 20.3 Å². The van der Waals surface area contributed by atoms with Crippen molar-refractivity contribution in [1.82, 2.24) is 9.97 Å². The first-order valence-electron chi connectivity index (χ1n) is 6.62. The number of rotatable bonds is 4. The predicted molar refractivity (Wildman–Crippen MR) is 78.9 cm³/mol. The fraction of sp³-hybridized carbons (Fsp3) is 0.692. The normalized spacial score (nSPS) is 27.2. The van der Waals surface area contributed by atoms with Gasteiger partial charge in [0.05, 0.1) is 0 Å². The van der Waals surface area contributed by atoms with Crippen LogP contribution in [0.15, 0.2) is 10.8 Å². The van der Waals surface area contributed by atoms with Gasteiger partial charge in [-0.15, -0.1) is 0 Å². The van der Waals surface area contributed by atoms with Crippen molar-refractivity contribution in [3.63, 3.8) is 0 Å². The highest BCUT2D eigenvalue weighted by molar-refractivity contribution is 9.10. The Kier molecular flexibility index (Phi) is 4.43. The molecule has 1 heterocycles. The Morgan fingerprint density at radius 3 is 2.67 bits per heavy atom. The first-order chi connectivity index (χ1) is 8.67. The van der Waals surface area contributed by atoms with Gasteiger partial charge in [0, 0.05) is 13.1 Å². The van der Waals surface area contributed by atoms with E-state index in [0.29, 0.717) is 12.0 Å². The largest absolute Gasteiger partial charge is 0.372 e. The summed E-state index contributed by atoms with van der Waals surface area (Å²) in [7, 11) is 1.86. The summed E-state index contributed by atoms with van der Waals surface area (Å²) in [4.78, 5) is 8.50. The molecule has 4 nitrogen and oxygen atoms in total. The summed E-state index contributed by atoms with van der Waals surface area (Å²) in [5.41, 5.74) is 0. The topological polar surface area (TPSA) is 49.8 Å². The number of nitrogens with zero attached hydrogens (tertiary/aromatic N) is 2. The molecular formula is C13H21BrN4. The van der Waals surface area contributed by atoms with E-state index >= 15 is 0 Å². The van der Waals surface area contributed by atoms with Gasteiger partial charge in [0.2, 0.25) is 0 Å². The van der Waals surface area contributed by atoms with Crippen LogP contribution in [0, 0.1) is 11.8 Å². The molecule has 3 atom stereocenters. The molecule has 18 heavy (non-hydrogen) atoms. The van der Waals surface area contributed by atoms with Crippen LogP contribution < -0.4 is 10.6 Å². The monoisotopic (exact) mass is 312 g/mol. The molecule has 1 fully saturated rings. The first kappa shape index (κ1) is 13.6. The molecule has 2 N–H and O–H groups in total. The summed E-state index contributed by atoms with van der Waals surface area (Å²) in [5, 5.41) is 6.61. The summed E-state index contributed by atoms with van der Waals surface area (Å²) in [5.74, 6) is 3.26. The Bertz CT molecular complexity index is 410. The molecule has 1 aromatic rings. The Morgan fingerprint density at radius 2 is 2.06 bits per heavy atom. The van der Waals surface area contributed by atoms with Gasteiger partial charge in [0.25, 0.3) is 0 Å². The van der Waals surface area contributed by atoms with Crippen LogP contribution in [-0.4, -0.2) is 23.1 Å². The van der Waals surface area contributed by atoms with Gasteiger partial charge in [-0.3, -0.25) is 0 Å². The lowest BCUT2D eigenvalue weighted by molar-refractivity contribution is 0.391. The van der Waals surface area contributed by atoms with Crippen molar-refractivity contribution in [3.8, 4) is 0 Å². The molecule has 0 aliphatic heterocycles. The highest BCUT2D eigenvalue weighted by Gasteiger charge is 2.32. The van der Waals surface area contributed by atoms with Gasteiger partial charge >= 0.3 is 0 Å². The van der Waals surface area contributed by atoms with Crippen LogP contribution in [0.4, 0.5) is 11.6 Å². The van der Waals surface area contributed by atoms with Crippen LogP contribution in [0.2, 0.25) is 0 Å². The molecule has 1 aromatic heterocycles. The van der Waals surface area contributed by atoms with Crippen molar-refractivity contribution < 1.29 is 0 Å². The number of anilines is 2. The molecule has 100 valence electrons. The Labute approximate surface area is 117 Å². The lowest BCUT2D eigenvalue weighted by atomic mass is 9.93. The van der Waals surface area contributed by atoms with E-state index in [1.807, 2.05) is 7.05 Å². The third kappa shape index (κ3) is 2.60. The molecule has 0 bridgehead atoms. The number of hydrogen-bond donors (Lipinski definition) is 2. The minimum absolute atomic E-state index is 0.519. The van der Waals surface area contributed by atoms with Gasteiger partial charge in [0.1, 0.15) is 22.4 Å². The van der Waals surface area contributed by atoms with E-state index in [9.17, 15) is 0 Å². The SMILES string of the molecule is CCC1CCC(Nc2ncnc(NC)c2Br)C1C. The maximum Gasteiger partial charge on any atom is 0.146 e. The Morgan fingerprint density at radius 1 is 1.33 bits per heavy atom. The molecule has 0 aromatic carbocycles. The minimum atomic E-state index is 0.519. The molecular weight excluding hydrogens is 292 g/mol. The van der Waals surface area contributed by atoms with Crippen LogP contribution in [0.3, 0.4) is 0 Å². The van der Waals surface area contributed by atoms with Crippen molar-refractivity contribution in [3.05, 3.63) is 10.8 Å². The van der Waals surface area contributed by atoms with Crippen molar-refractivity contribution in [1.29, 1.82) is 0 Å². The van der Waals surface area contributed by atoms with Crippen molar-refractivity contribution in [2.45, 2.75) is 39.2 Å². The van der Waals surface area contributed by atoms with Gasteiger partial charge in [0.15, 0.2) is 0 Å². The molecule has 0 amide bonds. The minimum Gasteiger partial charge on any atom is -0.372 e. The Balaban J connectivity index is 2.11. The van der Waals surface area contributed by atoms with Gasteiger partial charge in [-0.2, -0.15) is 0 Å². The molecule has 3 unspecified atom stereocenters. The maximum absolute atomic E-state index is 4.33. The number of hydrogen-bond acceptors (Lipinski definition) is 4. The zero-order valence-corrected chi connectivity index (χ0v) is 12.8. The molecule has 1 aliphatic rings. The Hall–Kier alpha value is -0.840. The molecule has 0 spiro atoms. The van der Waals surface area contributed by atoms with Crippen molar-refractivity contribution in [2.75, 3.05) is 17.7 Å². The summed E-state index contributed by atoms with van der Waals surface area (Å²) in [6, 6.07) is 0.519. The van der Waals surface area contributed by atoms with Crippen LogP contribution in [0.5, 0.6) is 0 Å². The first-order valence-corrected chi connectivity index (χ1v) is 7.41. The summed E-state index contributed by atoms with van der Waals surface area (Å²) >= 11 is 3.55. The van der Waals surface area contributed by atoms with Crippen molar-refractivity contribution >= 4 is 27.6 Å². The van der Waals surface area contributed by atoms with E-state index in [2.05, 4.69) is 50.4 Å². The fourth-order valence-corrected chi connectivity index (χ4v) is 3.37. The van der Waals surface area contributed by atoms with Gasteiger partial charge in [-0.25, -0.2) is 9.97 Å². The number of aromatic nitrogens is 2. The highest BCUT2D eigenvalue weighted by Crippen LogP contribution is 2.37. The number of nitrogens with one attached hydrogen (secondary N) is 2. The van der Waals surface area contributed by atoms with Crippen LogP contribution >= 0.6 is 15.9 Å². The summed E-state index contributed by atoms with van der Waals surface area (Å²) in [6.07, 6.45) is 5.41. The average molecular weight is 313 g/mol. The predicted octanol–water partition coefficient (Wildman–Crippen LogP) is 3.52. The summed E-state index contributed by atoms with van der Waals surface area (Å²) in [6.45, 7) is 4.62. The number of halogens is 1. The average Bonchev–Trinajstić information content (AvgIpc) is 2.73. The molecule has 1 aliphatic carbocycles. The van der Waals surface area contributed by atoms with E-state index in [4.69, 9.17) is 0 Å². The molecule has 2 rings (SSSR count).